The molecule has 1 fully saturated rings. The number of rotatable bonds is 3. The maximum atomic E-state index is 10.3. The van der Waals surface area contributed by atoms with Gasteiger partial charge in [-0.2, -0.15) is 0 Å². The third-order valence-electron chi connectivity index (χ3n) is 2.01. The maximum absolute atomic E-state index is 10.3. The third kappa shape index (κ3) is 2.70. The number of carbonyl (C=O) groups is 1. The summed E-state index contributed by atoms with van der Waals surface area (Å²) >= 11 is 0. The van der Waals surface area contributed by atoms with E-state index in [0.29, 0.717) is 5.92 Å². The van der Waals surface area contributed by atoms with Crippen molar-refractivity contribution >= 4 is 6.16 Å². The normalized spacial score (nSPS) is 18.5. The Hall–Kier alpha value is -0.770. The van der Waals surface area contributed by atoms with E-state index >= 15 is 0 Å². The van der Waals surface area contributed by atoms with Gasteiger partial charge in [0.1, 0.15) is 5.60 Å². The van der Waals surface area contributed by atoms with Crippen molar-refractivity contribution in [2.24, 2.45) is 5.92 Å². The van der Waals surface area contributed by atoms with Gasteiger partial charge in [0.2, 0.25) is 0 Å². The van der Waals surface area contributed by atoms with Gasteiger partial charge in [0.15, 0.2) is 0 Å². The van der Waals surface area contributed by atoms with Gasteiger partial charge in [-0.1, -0.05) is 0 Å². The fourth-order valence-corrected chi connectivity index (χ4v) is 1.47. The van der Waals surface area contributed by atoms with Crippen molar-refractivity contribution in [2.75, 3.05) is 13.1 Å². The Morgan fingerprint density at radius 1 is 1.67 bits per heavy atom. The van der Waals surface area contributed by atoms with E-state index in [1.54, 1.807) is 13.8 Å². The van der Waals surface area contributed by atoms with Crippen molar-refractivity contribution in [3.63, 3.8) is 0 Å². The van der Waals surface area contributed by atoms with Crippen molar-refractivity contribution in [2.45, 2.75) is 25.9 Å². The molecule has 1 rings (SSSR count). The van der Waals surface area contributed by atoms with Gasteiger partial charge < -0.3 is 15.2 Å². The van der Waals surface area contributed by atoms with Crippen LogP contribution >= 0.6 is 0 Å². The van der Waals surface area contributed by atoms with E-state index in [9.17, 15) is 4.79 Å². The zero-order valence-corrected chi connectivity index (χ0v) is 7.46. The van der Waals surface area contributed by atoms with Gasteiger partial charge in [0, 0.05) is 0 Å². The lowest BCUT2D eigenvalue weighted by atomic mass is 9.89. The molecule has 0 unspecified atom stereocenters. The Balaban J connectivity index is 2.30. The molecule has 0 spiro atoms. The van der Waals surface area contributed by atoms with E-state index in [4.69, 9.17) is 9.84 Å². The number of carboxylic acid groups (broad SMARTS) is 1. The van der Waals surface area contributed by atoms with Crippen LogP contribution < -0.4 is 5.32 Å². The fourth-order valence-electron chi connectivity index (χ4n) is 1.47. The smallest absolute Gasteiger partial charge is 0.450 e. The Bertz CT molecular complexity index is 175. The second-order valence-corrected chi connectivity index (χ2v) is 3.86. The van der Waals surface area contributed by atoms with Gasteiger partial charge in [0.25, 0.3) is 0 Å². The van der Waals surface area contributed by atoms with Crippen LogP contribution in [0.25, 0.3) is 0 Å². The molecule has 4 nitrogen and oxygen atoms in total. The monoisotopic (exact) mass is 173 g/mol. The highest BCUT2D eigenvalue weighted by atomic mass is 16.7. The first-order valence-electron chi connectivity index (χ1n) is 4.12. The minimum absolute atomic E-state index is 0.543. The van der Waals surface area contributed by atoms with Crippen LogP contribution in [0.5, 0.6) is 0 Å². The number of ether oxygens (including phenoxy) is 1. The minimum Gasteiger partial charge on any atom is -0.450 e. The summed E-state index contributed by atoms with van der Waals surface area (Å²) in [6.45, 7) is 5.57. The highest BCUT2D eigenvalue weighted by Crippen LogP contribution is 2.22. The number of hydrogen-bond donors (Lipinski definition) is 2. The highest BCUT2D eigenvalue weighted by molar-refractivity contribution is 5.57. The molecule has 2 N–H and O–H groups in total. The van der Waals surface area contributed by atoms with Gasteiger partial charge in [-0.15, -0.1) is 0 Å². The van der Waals surface area contributed by atoms with Crippen LogP contribution in [0.4, 0.5) is 4.79 Å². The van der Waals surface area contributed by atoms with Gasteiger partial charge >= 0.3 is 6.16 Å². The van der Waals surface area contributed by atoms with Crippen LogP contribution in [0.15, 0.2) is 0 Å². The van der Waals surface area contributed by atoms with E-state index in [1.165, 1.54) is 0 Å². The molecule has 1 saturated heterocycles. The van der Waals surface area contributed by atoms with Crippen molar-refractivity contribution in [1.29, 1.82) is 0 Å². The van der Waals surface area contributed by atoms with Gasteiger partial charge in [-0.05, 0) is 39.3 Å². The third-order valence-corrected chi connectivity index (χ3v) is 2.01. The summed E-state index contributed by atoms with van der Waals surface area (Å²) in [5.41, 5.74) is -0.543. The summed E-state index contributed by atoms with van der Waals surface area (Å²) in [6, 6.07) is 0. The number of nitrogens with one attached hydrogen (secondary N) is 1. The van der Waals surface area contributed by atoms with E-state index < -0.39 is 11.8 Å². The lowest BCUT2D eigenvalue weighted by Gasteiger charge is -2.33. The molecule has 1 aliphatic rings. The summed E-state index contributed by atoms with van der Waals surface area (Å²) in [5, 5.41) is 11.5. The lowest BCUT2D eigenvalue weighted by molar-refractivity contribution is -0.0144. The van der Waals surface area contributed by atoms with Crippen LogP contribution in [-0.2, 0) is 4.74 Å². The molecule has 1 aliphatic heterocycles. The molecular formula is C8H15NO3. The van der Waals surface area contributed by atoms with E-state index in [-0.39, 0.29) is 0 Å². The van der Waals surface area contributed by atoms with Gasteiger partial charge in [0.05, 0.1) is 0 Å². The molecule has 0 aromatic carbocycles. The first-order chi connectivity index (χ1) is 5.49. The van der Waals surface area contributed by atoms with Crippen molar-refractivity contribution in [3.05, 3.63) is 0 Å². The SMILES string of the molecule is CC(C)(CC1CNC1)OC(=O)O. The minimum atomic E-state index is -1.19. The summed E-state index contributed by atoms with van der Waals surface area (Å²) in [5.74, 6) is 0.569. The van der Waals surface area contributed by atoms with E-state index in [2.05, 4.69) is 5.32 Å². The molecule has 0 aromatic heterocycles. The molecular weight excluding hydrogens is 158 g/mol. The average Bonchev–Trinajstić information content (AvgIpc) is 1.76. The fraction of sp³-hybridized carbons (Fsp3) is 0.875. The topological polar surface area (TPSA) is 58.6 Å². The Kier molecular flexibility index (Phi) is 2.57. The molecule has 0 radical (unpaired) electrons. The summed E-state index contributed by atoms with van der Waals surface area (Å²) < 4.78 is 4.73. The summed E-state index contributed by atoms with van der Waals surface area (Å²) in [4.78, 5) is 10.3. The van der Waals surface area contributed by atoms with E-state index in [0.717, 1.165) is 19.5 Å². The van der Waals surface area contributed by atoms with Crippen molar-refractivity contribution in [1.82, 2.24) is 5.32 Å². The standard InChI is InChI=1S/C8H15NO3/c1-8(2,12-7(10)11)3-6-4-9-5-6/h6,9H,3-5H2,1-2H3,(H,10,11). The summed E-state index contributed by atoms with van der Waals surface area (Å²) in [6.07, 6.45) is -0.390. The Morgan fingerprint density at radius 2 is 2.25 bits per heavy atom. The van der Waals surface area contributed by atoms with Crippen LogP contribution in [-0.4, -0.2) is 30.0 Å². The lowest BCUT2D eigenvalue weighted by Crippen LogP contribution is -2.46. The molecule has 1 heterocycles. The predicted octanol–water partition coefficient (Wildman–Crippen LogP) is 1.07. The molecule has 0 aliphatic carbocycles. The van der Waals surface area contributed by atoms with Crippen LogP contribution in [0, 0.1) is 5.92 Å². The highest BCUT2D eigenvalue weighted by Gasteiger charge is 2.29. The van der Waals surface area contributed by atoms with Gasteiger partial charge in [-0.25, -0.2) is 4.79 Å². The second-order valence-electron chi connectivity index (χ2n) is 3.86. The quantitative estimate of drug-likeness (QED) is 0.627. The molecule has 4 heteroatoms. The molecule has 0 saturated carbocycles. The van der Waals surface area contributed by atoms with Crippen LogP contribution in [0.3, 0.4) is 0 Å². The first kappa shape index (κ1) is 9.32. The maximum Gasteiger partial charge on any atom is 0.506 e. The summed E-state index contributed by atoms with van der Waals surface area (Å²) in [7, 11) is 0. The molecule has 0 aromatic rings. The Morgan fingerprint density at radius 3 is 2.58 bits per heavy atom. The molecule has 70 valence electrons. The average molecular weight is 173 g/mol. The zero-order valence-electron chi connectivity index (χ0n) is 7.46. The van der Waals surface area contributed by atoms with Crippen molar-refractivity contribution in [3.8, 4) is 0 Å². The molecule has 0 amide bonds. The van der Waals surface area contributed by atoms with E-state index in [1.807, 2.05) is 0 Å². The van der Waals surface area contributed by atoms with Crippen molar-refractivity contribution < 1.29 is 14.6 Å². The first-order valence-corrected chi connectivity index (χ1v) is 4.12. The van der Waals surface area contributed by atoms with Gasteiger partial charge in [-0.3, -0.25) is 0 Å². The molecule has 12 heavy (non-hydrogen) atoms. The zero-order chi connectivity index (χ0) is 9.19. The molecule has 0 bridgehead atoms. The Labute approximate surface area is 71.9 Å². The van der Waals surface area contributed by atoms with Crippen LogP contribution in [0.1, 0.15) is 20.3 Å². The number of hydrogen-bond acceptors (Lipinski definition) is 3. The molecule has 0 atom stereocenters. The predicted molar refractivity (Wildman–Crippen MR) is 44.2 cm³/mol. The van der Waals surface area contributed by atoms with Crippen LogP contribution in [0.2, 0.25) is 0 Å². The largest absolute Gasteiger partial charge is 0.506 e. The second kappa shape index (κ2) is 3.31.